The second kappa shape index (κ2) is 5.70. The van der Waals surface area contributed by atoms with Crippen molar-refractivity contribution >= 4 is 10.0 Å². The molecule has 118 valence electrons. The van der Waals surface area contributed by atoms with Gasteiger partial charge in [-0.2, -0.15) is 9.40 Å². The Morgan fingerprint density at radius 2 is 2.05 bits per heavy atom. The number of hydrogen-bond acceptors (Lipinski definition) is 4. The summed E-state index contributed by atoms with van der Waals surface area (Å²) in [5.74, 6) is 0. The first-order valence-corrected chi connectivity index (χ1v) is 9.16. The van der Waals surface area contributed by atoms with Crippen LogP contribution in [0.25, 0.3) is 0 Å². The molecule has 0 amide bonds. The molecule has 6 nitrogen and oxygen atoms in total. The second-order valence-electron chi connectivity index (χ2n) is 5.92. The highest BCUT2D eigenvalue weighted by molar-refractivity contribution is 7.89. The van der Waals surface area contributed by atoms with Gasteiger partial charge in [0, 0.05) is 32.4 Å². The van der Waals surface area contributed by atoms with Crippen LogP contribution in [-0.4, -0.2) is 47.8 Å². The minimum atomic E-state index is -3.41. The van der Waals surface area contributed by atoms with Gasteiger partial charge in [0.15, 0.2) is 0 Å². The molecule has 2 fully saturated rings. The molecule has 7 heteroatoms. The van der Waals surface area contributed by atoms with E-state index < -0.39 is 10.0 Å². The zero-order valence-corrected chi connectivity index (χ0v) is 13.3. The van der Waals surface area contributed by atoms with Crippen molar-refractivity contribution in [2.24, 2.45) is 0 Å². The molecule has 0 atom stereocenters. The molecule has 2 aliphatic rings. The molecule has 1 aromatic rings. The molecule has 0 aromatic carbocycles. The average Bonchev–Trinajstić information content (AvgIpc) is 2.98. The Kier molecular flexibility index (Phi) is 4.07. The number of ether oxygens (including phenoxy) is 1. The molecule has 0 N–H and O–H groups in total. The summed E-state index contributed by atoms with van der Waals surface area (Å²) in [6.45, 7) is 4.51. The van der Waals surface area contributed by atoms with Crippen LogP contribution in [0.15, 0.2) is 17.3 Å². The Morgan fingerprint density at radius 1 is 1.29 bits per heavy atom. The zero-order chi connectivity index (χ0) is 14.9. The van der Waals surface area contributed by atoms with Gasteiger partial charge in [-0.3, -0.25) is 4.68 Å². The van der Waals surface area contributed by atoms with E-state index in [2.05, 4.69) is 5.10 Å². The smallest absolute Gasteiger partial charge is 0.246 e. The molecular formula is C14H23N3O3S. The van der Waals surface area contributed by atoms with Gasteiger partial charge in [-0.05, 0) is 39.0 Å². The summed E-state index contributed by atoms with van der Waals surface area (Å²) in [6, 6.07) is 0. The molecule has 3 heterocycles. The van der Waals surface area contributed by atoms with Crippen LogP contribution in [0.1, 0.15) is 39.0 Å². The maximum absolute atomic E-state index is 12.6. The van der Waals surface area contributed by atoms with Gasteiger partial charge in [0.2, 0.25) is 10.0 Å². The topological polar surface area (TPSA) is 64.4 Å². The molecular weight excluding hydrogens is 290 g/mol. The first-order valence-electron chi connectivity index (χ1n) is 7.72. The Labute approximate surface area is 126 Å². The molecule has 0 unspecified atom stereocenters. The number of aromatic nitrogens is 2. The van der Waals surface area contributed by atoms with Crippen molar-refractivity contribution < 1.29 is 13.2 Å². The maximum Gasteiger partial charge on any atom is 0.246 e. The third-order valence-corrected chi connectivity index (χ3v) is 6.49. The van der Waals surface area contributed by atoms with Crippen molar-refractivity contribution in [2.75, 3.05) is 19.7 Å². The van der Waals surface area contributed by atoms with Gasteiger partial charge in [-0.25, -0.2) is 8.42 Å². The van der Waals surface area contributed by atoms with Crippen molar-refractivity contribution in [1.82, 2.24) is 14.1 Å². The van der Waals surface area contributed by atoms with E-state index in [0.717, 1.165) is 32.3 Å². The Balaban J connectivity index is 1.70. The fourth-order valence-electron chi connectivity index (χ4n) is 3.24. The molecule has 0 aliphatic carbocycles. The number of piperidine rings is 1. The van der Waals surface area contributed by atoms with Gasteiger partial charge in [-0.1, -0.05) is 0 Å². The number of nitrogens with zero attached hydrogens (tertiary/aromatic N) is 3. The molecule has 0 bridgehead atoms. The number of aryl methyl sites for hydroxylation is 1. The lowest BCUT2D eigenvalue weighted by atomic mass is 9.85. The van der Waals surface area contributed by atoms with E-state index in [0.29, 0.717) is 24.5 Å². The van der Waals surface area contributed by atoms with E-state index in [1.54, 1.807) is 15.2 Å². The largest absolute Gasteiger partial charge is 0.375 e. The first kappa shape index (κ1) is 15.0. The third-order valence-electron chi connectivity index (χ3n) is 4.64. The summed E-state index contributed by atoms with van der Waals surface area (Å²) in [7, 11) is -3.41. The highest BCUT2D eigenvalue weighted by Gasteiger charge is 2.40. The van der Waals surface area contributed by atoms with Crippen molar-refractivity contribution in [3.8, 4) is 0 Å². The van der Waals surface area contributed by atoms with Gasteiger partial charge in [-0.15, -0.1) is 0 Å². The van der Waals surface area contributed by atoms with Crippen molar-refractivity contribution in [3.05, 3.63) is 12.4 Å². The standard InChI is InChI=1S/C14H23N3O3S/c1-2-16-12-13(11-15-16)21(18,19)17-8-6-14(7-9-17)5-3-4-10-20-14/h11-12H,2-10H2,1H3. The molecule has 1 spiro atoms. The van der Waals surface area contributed by atoms with E-state index in [1.165, 1.54) is 12.6 Å². The third kappa shape index (κ3) is 2.86. The van der Waals surface area contributed by atoms with Gasteiger partial charge < -0.3 is 4.74 Å². The number of sulfonamides is 1. The molecule has 2 saturated heterocycles. The van der Waals surface area contributed by atoms with Gasteiger partial charge in [0.1, 0.15) is 4.90 Å². The minimum Gasteiger partial charge on any atom is -0.375 e. The van der Waals surface area contributed by atoms with Crippen LogP contribution in [0.3, 0.4) is 0 Å². The maximum atomic E-state index is 12.6. The van der Waals surface area contributed by atoms with Crippen molar-refractivity contribution in [1.29, 1.82) is 0 Å². The van der Waals surface area contributed by atoms with Crippen LogP contribution in [0.2, 0.25) is 0 Å². The van der Waals surface area contributed by atoms with Gasteiger partial charge in [0.25, 0.3) is 0 Å². The predicted molar refractivity (Wildman–Crippen MR) is 78.4 cm³/mol. The molecule has 2 aliphatic heterocycles. The fourth-order valence-corrected chi connectivity index (χ4v) is 4.63. The highest BCUT2D eigenvalue weighted by atomic mass is 32.2. The fraction of sp³-hybridized carbons (Fsp3) is 0.786. The summed E-state index contributed by atoms with van der Waals surface area (Å²) in [4.78, 5) is 0.296. The first-order chi connectivity index (χ1) is 10.1. The van der Waals surface area contributed by atoms with Crippen LogP contribution < -0.4 is 0 Å². The molecule has 3 rings (SSSR count). The second-order valence-corrected chi connectivity index (χ2v) is 7.86. The highest BCUT2D eigenvalue weighted by Crippen LogP contribution is 2.36. The quantitative estimate of drug-likeness (QED) is 0.851. The molecule has 0 radical (unpaired) electrons. The van der Waals surface area contributed by atoms with E-state index in [4.69, 9.17) is 4.74 Å². The van der Waals surface area contributed by atoms with Crippen LogP contribution >= 0.6 is 0 Å². The molecule has 0 saturated carbocycles. The van der Waals surface area contributed by atoms with Crippen LogP contribution in [0.5, 0.6) is 0 Å². The SMILES string of the molecule is CCn1cc(S(=O)(=O)N2CCC3(CCCCO3)CC2)cn1. The van der Waals surface area contributed by atoms with Crippen molar-refractivity contribution in [3.63, 3.8) is 0 Å². The lowest BCUT2D eigenvalue weighted by molar-refractivity contribution is -0.103. The monoisotopic (exact) mass is 313 g/mol. The Morgan fingerprint density at radius 3 is 2.62 bits per heavy atom. The predicted octanol–water partition coefficient (Wildman–Crippen LogP) is 1.63. The van der Waals surface area contributed by atoms with Crippen LogP contribution in [0.4, 0.5) is 0 Å². The normalized spacial score (nSPS) is 23.5. The summed E-state index contributed by atoms with van der Waals surface area (Å²) in [6.07, 6.45) is 8.03. The average molecular weight is 313 g/mol. The lowest BCUT2D eigenvalue weighted by Crippen LogP contribution is -2.49. The number of hydrogen-bond donors (Lipinski definition) is 0. The Hall–Kier alpha value is -0.920. The zero-order valence-electron chi connectivity index (χ0n) is 12.5. The lowest BCUT2D eigenvalue weighted by Gasteiger charge is -2.43. The van der Waals surface area contributed by atoms with Crippen LogP contribution in [-0.2, 0) is 21.3 Å². The van der Waals surface area contributed by atoms with Crippen molar-refractivity contribution in [2.45, 2.75) is 56.1 Å². The summed E-state index contributed by atoms with van der Waals surface area (Å²) >= 11 is 0. The number of rotatable bonds is 3. The van der Waals surface area contributed by atoms with E-state index in [-0.39, 0.29) is 5.60 Å². The summed E-state index contributed by atoms with van der Waals surface area (Å²) in [5, 5.41) is 4.07. The Bertz CT molecular complexity index is 580. The van der Waals surface area contributed by atoms with E-state index in [1.807, 2.05) is 6.92 Å². The summed E-state index contributed by atoms with van der Waals surface area (Å²) in [5.41, 5.74) is -0.0716. The van der Waals surface area contributed by atoms with Crippen LogP contribution in [0, 0.1) is 0 Å². The molecule has 1 aromatic heterocycles. The van der Waals surface area contributed by atoms with Gasteiger partial charge in [0.05, 0.1) is 11.8 Å². The molecule has 21 heavy (non-hydrogen) atoms. The minimum absolute atomic E-state index is 0.0716. The van der Waals surface area contributed by atoms with Gasteiger partial charge >= 0.3 is 0 Å². The van der Waals surface area contributed by atoms with E-state index in [9.17, 15) is 8.42 Å². The van der Waals surface area contributed by atoms with E-state index >= 15 is 0 Å². The summed E-state index contributed by atoms with van der Waals surface area (Å²) < 4.78 is 34.4.